The fourth-order valence-corrected chi connectivity index (χ4v) is 2.57. The van der Waals surface area contributed by atoms with Crippen LogP contribution >= 0.6 is 15.9 Å². The minimum atomic E-state index is -0.125. The molecule has 0 atom stereocenters. The van der Waals surface area contributed by atoms with Crippen molar-refractivity contribution in [2.24, 2.45) is 0 Å². The zero-order chi connectivity index (χ0) is 18.9. The number of carbonyl (C=O) groups is 2. The molecule has 0 saturated carbocycles. The molecule has 1 N–H and O–H groups in total. The average Bonchev–Trinajstić information content (AvgIpc) is 2.61. The summed E-state index contributed by atoms with van der Waals surface area (Å²) in [4.78, 5) is 23.6. The molecule has 0 fully saturated rings. The number of hydrogen-bond donors (Lipinski definition) is 1. The number of nitrogens with one attached hydrogen (secondary N) is 1. The molecule has 0 aliphatic heterocycles. The van der Waals surface area contributed by atoms with Crippen LogP contribution in [0.4, 0.5) is 5.69 Å². The van der Waals surface area contributed by atoms with Crippen LogP contribution in [0, 0.1) is 0 Å². The van der Waals surface area contributed by atoms with Crippen LogP contribution < -0.4 is 14.8 Å². The van der Waals surface area contributed by atoms with Gasteiger partial charge in [0.25, 0.3) is 0 Å². The summed E-state index contributed by atoms with van der Waals surface area (Å²) in [7, 11) is 0. The zero-order valence-electron chi connectivity index (χ0n) is 14.9. The molecule has 0 unspecified atom stereocenters. The number of benzene rings is 2. The second-order valence-corrected chi connectivity index (χ2v) is 6.63. The highest BCUT2D eigenvalue weighted by Gasteiger charge is 2.11. The van der Waals surface area contributed by atoms with E-state index in [2.05, 4.69) is 21.2 Å². The molecule has 0 bridgehead atoms. The van der Waals surface area contributed by atoms with Gasteiger partial charge in [0.1, 0.15) is 24.7 Å². The first-order chi connectivity index (χ1) is 12.5. The molecule has 0 heterocycles. The fraction of sp³-hybridized carbons (Fsp3) is 0.300. The quantitative estimate of drug-likeness (QED) is 0.466. The Bertz CT molecular complexity index is 759. The monoisotopic (exact) mass is 419 g/mol. The molecule has 26 heavy (non-hydrogen) atoms. The van der Waals surface area contributed by atoms with E-state index in [0.29, 0.717) is 36.6 Å². The van der Waals surface area contributed by atoms with Gasteiger partial charge < -0.3 is 14.8 Å². The maximum Gasteiger partial charge on any atom is 0.224 e. The molecule has 0 aliphatic carbocycles. The number of hydrogen-bond acceptors (Lipinski definition) is 4. The van der Waals surface area contributed by atoms with Gasteiger partial charge >= 0.3 is 0 Å². The summed E-state index contributed by atoms with van der Waals surface area (Å²) in [6.07, 6.45) is 1.21. The Morgan fingerprint density at radius 2 is 1.73 bits per heavy atom. The SMILES string of the molecule is CCCC(=O)Nc1ccc(OCCOc2ccc(Br)cc2)c(C(C)=O)c1. The van der Waals surface area contributed by atoms with Gasteiger partial charge in [0.2, 0.25) is 5.91 Å². The normalized spacial score (nSPS) is 10.3. The molecule has 0 aromatic heterocycles. The number of carbonyl (C=O) groups excluding carboxylic acids is 2. The minimum Gasteiger partial charge on any atom is -0.490 e. The van der Waals surface area contributed by atoms with Crippen molar-refractivity contribution >= 4 is 33.3 Å². The summed E-state index contributed by atoms with van der Waals surface area (Å²) in [6.45, 7) is 4.07. The minimum absolute atomic E-state index is 0.0708. The highest BCUT2D eigenvalue weighted by Crippen LogP contribution is 2.24. The van der Waals surface area contributed by atoms with Crippen molar-refractivity contribution in [1.82, 2.24) is 0 Å². The van der Waals surface area contributed by atoms with Gasteiger partial charge in [-0.25, -0.2) is 0 Å². The second kappa shape index (κ2) is 9.97. The molecule has 0 aliphatic rings. The van der Waals surface area contributed by atoms with Crippen LogP contribution in [0.25, 0.3) is 0 Å². The van der Waals surface area contributed by atoms with Crippen LogP contribution in [0.15, 0.2) is 46.9 Å². The lowest BCUT2D eigenvalue weighted by molar-refractivity contribution is -0.116. The van der Waals surface area contributed by atoms with E-state index < -0.39 is 0 Å². The second-order valence-electron chi connectivity index (χ2n) is 5.72. The van der Waals surface area contributed by atoms with Crippen LogP contribution in [-0.4, -0.2) is 24.9 Å². The highest BCUT2D eigenvalue weighted by molar-refractivity contribution is 9.10. The van der Waals surface area contributed by atoms with Crippen LogP contribution in [0.2, 0.25) is 0 Å². The van der Waals surface area contributed by atoms with Gasteiger partial charge in [0, 0.05) is 16.6 Å². The molecule has 1 amide bonds. The first-order valence-corrected chi connectivity index (χ1v) is 9.25. The molecule has 138 valence electrons. The van der Waals surface area contributed by atoms with Crippen molar-refractivity contribution in [3.8, 4) is 11.5 Å². The summed E-state index contributed by atoms with van der Waals surface area (Å²) < 4.78 is 12.3. The van der Waals surface area contributed by atoms with Gasteiger partial charge in [-0.05, 0) is 55.8 Å². The van der Waals surface area contributed by atoms with E-state index in [1.54, 1.807) is 18.2 Å². The largest absolute Gasteiger partial charge is 0.490 e. The van der Waals surface area contributed by atoms with E-state index in [4.69, 9.17) is 9.47 Å². The van der Waals surface area contributed by atoms with E-state index in [1.807, 2.05) is 31.2 Å². The maximum atomic E-state index is 11.9. The van der Waals surface area contributed by atoms with E-state index in [0.717, 1.165) is 16.6 Å². The molecule has 2 aromatic rings. The Labute approximate surface area is 161 Å². The molecular weight excluding hydrogens is 398 g/mol. The molecule has 0 saturated heterocycles. The third-order valence-corrected chi connectivity index (χ3v) is 4.07. The highest BCUT2D eigenvalue weighted by atomic mass is 79.9. The van der Waals surface area contributed by atoms with Gasteiger partial charge in [0.05, 0.1) is 5.56 Å². The topological polar surface area (TPSA) is 64.6 Å². The smallest absolute Gasteiger partial charge is 0.224 e. The van der Waals surface area contributed by atoms with E-state index in [1.165, 1.54) is 6.92 Å². The summed E-state index contributed by atoms with van der Waals surface area (Å²) in [5.74, 6) is 1.03. The van der Waals surface area contributed by atoms with Crippen molar-refractivity contribution in [1.29, 1.82) is 0 Å². The summed E-state index contributed by atoms with van der Waals surface area (Å²) >= 11 is 3.37. The summed E-state index contributed by atoms with van der Waals surface area (Å²) in [5.41, 5.74) is 1.02. The van der Waals surface area contributed by atoms with Gasteiger partial charge in [-0.2, -0.15) is 0 Å². The molecule has 5 nitrogen and oxygen atoms in total. The van der Waals surface area contributed by atoms with E-state index in [9.17, 15) is 9.59 Å². The van der Waals surface area contributed by atoms with Crippen LogP contribution in [0.1, 0.15) is 37.0 Å². The lowest BCUT2D eigenvalue weighted by atomic mass is 10.1. The third-order valence-electron chi connectivity index (χ3n) is 3.54. The number of anilines is 1. The predicted molar refractivity (Wildman–Crippen MR) is 105 cm³/mol. The Morgan fingerprint density at radius 3 is 2.38 bits per heavy atom. The van der Waals surface area contributed by atoms with Crippen molar-refractivity contribution in [3.05, 3.63) is 52.5 Å². The van der Waals surface area contributed by atoms with Crippen molar-refractivity contribution < 1.29 is 19.1 Å². The van der Waals surface area contributed by atoms with Crippen molar-refractivity contribution in [2.75, 3.05) is 18.5 Å². The molecule has 0 radical (unpaired) electrons. The van der Waals surface area contributed by atoms with Gasteiger partial charge in [-0.1, -0.05) is 22.9 Å². The number of amides is 1. The number of halogens is 1. The Hall–Kier alpha value is -2.34. The number of Topliss-reactive ketones (excluding diaryl/α,β-unsaturated/α-hetero) is 1. The Morgan fingerprint density at radius 1 is 1.04 bits per heavy atom. The van der Waals surface area contributed by atoms with E-state index >= 15 is 0 Å². The lowest BCUT2D eigenvalue weighted by Gasteiger charge is -2.13. The van der Waals surface area contributed by atoms with Crippen LogP contribution in [0.3, 0.4) is 0 Å². The predicted octanol–water partition coefficient (Wildman–Crippen LogP) is 4.85. The standard InChI is InChI=1S/C20H22BrNO4/c1-3-4-20(24)22-16-7-10-19(18(13-16)14(2)23)26-12-11-25-17-8-5-15(21)6-9-17/h5-10,13H,3-4,11-12H2,1-2H3,(H,22,24). The Balaban J connectivity index is 1.94. The first-order valence-electron chi connectivity index (χ1n) is 8.45. The third kappa shape index (κ3) is 6.19. The average molecular weight is 420 g/mol. The van der Waals surface area contributed by atoms with Crippen LogP contribution in [-0.2, 0) is 4.79 Å². The molecule has 6 heteroatoms. The van der Waals surface area contributed by atoms with Gasteiger partial charge in [-0.3, -0.25) is 9.59 Å². The van der Waals surface area contributed by atoms with Crippen molar-refractivity contribution in [2.45, 2.75) is 26.7 Å². The maximum absolute atomic E-state index is 11.9. The molecular formula is C20H22BrNO4. The zero-order valence-corrected chi connectivity index (χ0v) is 16.5. The fourth-order valence-electron chi connectivity index (χ4n) is 2.30. The summed E-state index contributed by atoms with van der Waals surface area (Å²) in [6, 6.07) is 12.6. The summed E-state index contributed by atoms with van der Waals surface area (Å²) in [5, 5.41) is 2.78. The molecule has 2 aromatic carbocycles. The van der Waals surface area contributed by atoms with E-state index in [-0.39, 0.29) is 11.7 Å². The van der Waals surface area contributed by atoms with Gasteiger partial charge in [-0.15, -0.1) is 0 Å². The van der Waals surface area contributed by atoms with Crippen molar-refractivity contribution in [3.63, 3.8) is 0 Å². The first kappa shape index (κ1) is 20.0. The Kier molecular flexibility index (Phi) is 7.66. The lowest BCUT2D eigenvalue weighted by Crippen LogP contribution is -2.13. The molecule has 2 rings (SSSR count). The molecule has 0 spiro atoms. The number of ether oxygens (including phenoxy) is 2. The van der Waals surface area contributed by atoms with Gasteiger partial charge in [0.15, 0.2) is 5.78 Å². The van der Waals surface area contributed by atoms with Crippen LogP contribution in [0.5, 0.6) is 11.5 Å². The number of rotatable bonds is 9. The number of ketones is 1.